The molecule has 0 amide bonds. The maximum atomic E-state index is 6.18. The Morgan fingerprint density at radius 2 is 2.16 bits per heavy atom. The summed E-state index contributed by atoms with van der Waals surface area (Å²) in [5.41, 5.74) is 7.62. The van der Waals surface area contributed by atoms with Gasteiger partial charge in [-0.2, -0.15) is 0 Å². The number of nitrogens with two attached hydrogens (primary N) is 1. The second-order valence-corrected chi connectivity index (χ2v) is 5.56. The number of nitrogen functional groups attached to an aromatic ring is 1. The highest BCUT2D eigenvalue weighted by atomic mass is 16.5. The quantitative estimate of drug-likeness (QED) is 0.832. The van der Waals surface area contributed by atoms with Crippen LogP contribution < -0.4 is 10.5 Å². The van der Waals surface area contributed by atoms with Crippen LogP contribution in [-0.2, 0) is 0 Å². The standard InChI is InChI=1S/C16H20N2O/c1-11-4-2-5-12(10-11)19-15-8-7-14(17)13-6-3-9-18-16(13)15/h3,6-9,11-12H,2,4-5,10,17H2,1H3. The van der Waals surface area contributed by atoms with E-state index in [-0.39, 0.29) is 0 Å². The molecule has 0 spiro atoms. The Bertz CT molecular complexity index is 582. The number of hydrogen-bond donors (Lipinski definition) is 1. The van der Waals surface area contributed by atoms with Crippen LogP contribution in [0.4, 0.5) is 5.69 Å². The van der Waals surface area contributed by atoms with Gasteiger partial charge in [0.05, 0.1) is 6.10 Å². The fraction of sp³-hybridized carbons (Fsp3) is 0.438. The van der Waals surface area contributed by atoms with Crippen molar-refractivity contribution in [3.05, 3.63) is 30.5 Å². The normalized spacial score (nSPS) is 23.4. The molecule has 3 rings (SSSR count). The molecule has 1 aliphatic carbocycles. The minimum absolute atomic E-state index is 0.317. The molecule has 2 aromatic rings. The van der Waals surface area contributed by atoms with E-state index >= 15 is 0 Å². The monoisotopic (exact) mass is 256 g/mol. The summed E-state index contributed by atoms with van der Waals surface area (Å²) in [5.74, 6) is 1.62. The smallest absolute Gasteiger partial charge is 0.146 e. The zero-order valence-electron chi connectivity index (χ0n) is 11.3. The molecule has 1 aromatic heterocycles. The molecule has 1 saturated carbocycles. The van der Waals surface area contributed by atoms with E-state index in [2.05, 4.69) is 11.9 Å². The largest absolute Gasteiger partial charge is 0.488 e. The first-order valence-corrected chi connectivity index (χ1v) is 7.04. The van der Waals surface area contributed by atoms with Gasteiger partial charge in [0.15, 0.2) is 0 Å². The average molecular weight is 256 g/mol. The van der Waals surface area contributed by atoms with Crippen LogP contribution in [0.3, 0.4) is 0 Å². The van der Waals surface area contributed by atoms with Gasteiger partial charge < -0.3 is 10.5 Å². The first-order valence-electron chi connectivity index (χ1n) is 7.04. The van der Waals surface area contributed by atoms with Crippen LogP contribution in [0.2, 0.25) is 0 Å². The third-order valence-corrected chi connectivity index (χ3v) is 3.95. The first-order chi connectivity index (χ1) is 9.24. The minimum atomic E-state index is 0.317. The fourth-order valence-electron chi connectivity index (χ4n) is 2.93. The third kappa shape index (κ3) is 2.50. The molecule has 0 radical (unpaired) electrons. The Labute approximate surface area is 113 Å². The number of aromatic nitrogens is 1. The number of hydrogen-bond acceptors (Lipinski definition) is 3. The summed E-state index contributed by atoms with van der Waals surface area (Å²) in [6.07, 6.45) is 6.96. The number of benzene rings is 1. The molecule has 1 aliphatic rings. The summed E-state index contributed by atoms with van der Waals surface area (Å²) in [5, 5.41) is 0.976. The van der Waals surface area contributed by atoms with Crippen LogP contribution >= 0.6 is 0 Å². The lowest BCUT2D eigenvalue weighted by atomic mass is 9.89. The Hall–Kier alpha value is -1.77. The van der Waals surface area contributed by atoms with Crippen LogP contribution in [-0.4, -0.2) is 11.1 Å². The van der Waals surface area contributed by atoms with Crippen molar-refractivity contribution in [2.75, 3.05) is 5.73 Å². The highest BCUT2D eigenvalue weighted by Gasteiger charge is 2.21. The molecule has 1 heterocycles. The van der Waals surface area contributed by atoms with Crippen molar-refractivity contribution in [3.8, 4) is 5.75 Å². The predicted octanol–water partition coefficient (Wildman–Crippen LogP) is 3.77. The van der Waals surface area contributed by atoms with Gasteiger partial charge in [-0.1, -0.05) is 13.3 Å². The van der Waals surface area contributed by atoms with Gasteiger partial charge in [-0.05, 0) is 49.4 Å². The van der Waals surface area contributed by atoms with Crippen molar-refractivity contribution in [2.45, 2.75) is 38.7 Å². The predicted molar refractivity (Wildman–Crippen MR) is 78.2 cm³/mol. The summed E-state index contributed by atoms with van der Waals surface area (Å²) in [4.78, 5) is 4.42. The van der Waals surface area contributed by atoms with Crippen LogP contribution in [0.5, 0.6) is 5.75 Å². The van der Waals surface area contributed by atoms with Crippen molar-refractivity contribution >= 4 is 16.6 Å². The molecule has 3 heteroatoms. The molecular formula is C16H20N2O. The first kappa shape index (κ1) is 12.3. The van der Waals surface area contributed by atoms with Gasteiger partial charge in [0.25, 0.3) is 0 Å². The van der Waals surface area contributed by atoms with E-state index in [9.17, 15) is 0 Å². The molecule has 0 aliphatic heterocycles. The average Bonchev–Trinajstić information content (AvgIpc) is 2.42. The van der Waals surface area contributed by atoms with E-state index < -0.39 is 0 Å². The molecule has 1 aromatic carbocycles. The maximum absolute atomic E-state index is 6.18. The van der Waals surface area contributed by atoms with Crippen molar-refractivity contribution < 1.29 is 4.74 Å². The molecule has 0 saturated heterocycles. The Morgan fingerprint density at radius 1 is 1.26 bits per heavy atom. The molecule has 100 valence electrons. The molecule has 1 fully saturated rings. The number of fused-ring (bicyclic) bond motifs is 1. The van der Waals surface area contributed by atoms with Gasteiger partial charge in [-0.3, -0.25) is 4.98 Å². The fourth-order valence-corrected chi connectivity index (χ4v) is 2.93. The van der Waals surface area contributed by atoms with Crippen molar-refractivity contribution in [1.82, 2.24) is 4.98 Å². The topological polar surface area (TPSA) is 48.1 Å². The summed E-state index contributed by atoms with van der Waals surface area (Å²) in [6.45, 7) is 2.30. The van der Waals surface area contributed by atoms with E-state index in [0.717, 1.165) is 41.1 Å². The van der Waals surface area contributed by atoms with Gasteiger partial charge in [0.2, 0.25) is 0 Å². The summed E-state index contributed by atoms with van der Waals surface area (Å²) in [6, 6.07) is 7.76. The Balaban J connectivity index is 1.90. The van der Waals surface area contributed by atoms with E-state index in [1.807, 2.05) is 24.3 Å². The zero-order valence-corrected chi connectivity index (χ0v) is 11.3. The Morgan fingerprint density at radius 3 is 3.00 bits per heavy atom. The number of anilines is 1. The Kier molecular flexibility index (Phi) is 3.28. The SMILES string of the molecule is CC1CCCC(Oc2ccc(N)c3cccnc23)C1. The molecule has 19 heavy (non-hydrogen) atoms. The number of rotatable bonds is 2. The summed E-state index contributed by atoms with van der Waals surface area (Å²) < 4.78 is 6.18. The van der Waals surface area contributed by atoms with Crippen molar-refractivity contribution in [2.24, 2.45) is 5.92 Å². The number of ether oxygens (including phenoxy) is 1. The van der Waals surface area contributed by atoms with Crippen LogP contribution in [0, 0.1) is 5.92 Å². The highest BCUT2D eigenvalue weighted by molar-refractivity contribution is 5.94. The van der Waals surface area contributed by atoms with Gasteiger partial charge in [-0.25, -0.2) is 0 Å². The molecular weight excluding hydrogens is 236 g/mol. The number of nitrogens with zero attached hydrogens (tertiary/aromatic N) is 1. The molecule has 3 nitrogen and oxygen atoms in total. The lowest BCUT2D eigenvalue weighted by molar-refractivity contribution is 0.130. The summed E-state index contributed by atoms with van der Waals surface area (Å²) >= 11 is 0. The molecule has 2 atom stereocenters. The molecule has 0 bridgehead atoms. The zero-order chi connectivity index (χ0) is 13.2. The lowest BCUT2D eigenvalue weighted by Crippen LogP contribution is -2.24. The summed E-state index contributed by atoms with van der Waals surface area (Å²) in [7, 11) is 0. The second-order valence-electron chi connectivity index (χ2n) is 5.56. The van der Waals surface area contributed by atoms with Crippen LogP contribution in [0.1, 0.15) is 32.6 Å². The van der Waals surface area contributed by atoms with E-state index in [4.69, 9.17) is 10.5 Å². The van der Waals surface area contributed by atoms with E-state index in [1.54, 1.807) is 6.20 Å². The highest BCUT2D eigenvalue weighted by Crippen LogP contribution is 2.32. The minimum Gasteiger partial charge on any atom is -0.488 e. The van der Waals surface area contributed by atoms with Gasteiger partial charge in [0.1, 0.15) is 11.3 Å². The van der Waals surface area contributed by atoms with Crippen LogP contribution in [0.15, 0.2) is 30.5 Å². The molecule has 2 unspecified atom stereocenters. The third-order valence-electron chi connectivity index (χ3n) is 3.95. The van der Waals surface area contributed by atoms with Crippen LogP contribution in [0.25, 0.3) is 10.9 Å². The van der Waals surface area contributed by atoms with Gasteiger partial charge in [-0.15, -0.1) is 0 Å². The lowest BCUT2D eigenvalue weighted by Gasteiger charge is -2.27. The van der Waals surface area contributed by atoms with Gasteiger partial charge >= 0.3 is 0 Å². The second kappa shape index (κ2) is 5.08. The van der Waals surface area contributed by atoms with Crippen molar-refractivity contribution in [1.29, 1.82) is 0 Å². The van der Waals surface area contributed by atoms with E-state index in [0.29, 0.717) is 6.10 Å². The van der Waals surface area contributed by atoms with Gasteiger partial charge in [0, 0.05) is 17.3 Å². The number of pyridine rings is 1. The van der Waals surface area contributed by atoms with E-state index in [1.165, 1.54) is 12.8 Å². The molecule has 2 N–H and O–H groups in total. The maximum Gasteiger partial charge on any atom is 0.146 e. The van der Waals surface area contributed by atoms with Crippen molar-refractivity contribution in [3.63, 3.8) is 0 Å².